The van der Waals surface area contributed by atoms with Crippen molar-refractivity contribution < 1.29 is 22.7 Å². The summed E-state index contributed by atoms with van der Waals surface area (Å²) in [5.41, 5.74) is 1.48. The normalized spacial score (nSPS) is 21.2. The number of nitrogens with zero attached hydrogens (tertiary/aromatic N) is 4. The molecule has 2 saturated heterocycles. The predicted molar refractivity (Wildman–Crippen MR) is 143 cm³/mol. The third-order valence-electron chi connectivity index (χ3n) is 7.95. The summed E-state index contributed by atoms with van der Waals surface area (Å²) in [5, 5.41) is 0.0632. The smallest absolute Gasteiger partial charge is 0.228 e. The SMILES string of the molecule is O=C(C1CCCC1)N(CCN1CCOCC1)Cc1cnc(S(=O)(=O)Cc2ccccc2)n1CC1CCCO1. The standard InChI is InChI=1S/C28H40N4O5S/c33-27(24-9-4-5-10-24)31(13-12-30-14-17-36-18-15-30)20-25-19-29-28(32(25)21-26-11-6-16-37-26)38(34,35)22-23-7-2-1-3-8-23/h1-3,7-8,19,24,26H,4-6,9-18,20-22H2. The number of hydrogen-bond acceptors (Lipinski definition) is 7. The molecule has 9 nitrogen and oxygen atoms in total. The van der Waals surface area contributed by atoms with Gasteiger partial charge in [0.2, 0.25) is 20.9 Å². The molecule has 1 aromatic carbocycles. The van der Waals surface area contributed by atoms with Crippen LogP contribution in [0.5, 0.6) is 0 Å². The number of rotatable bonds is 11. The van der Waals surface area contributed by atoms with Gasteiger partial charge in [0.05, 0.1) is 50.1 Å². The Morgan fingerprint density at radius 2 is 1.79 bits per heavy atom. The summed E-state index contributed by atoms with van der Waals surface area (Å²) >= 11 is 0. The summed E-state index contributed by atoms with van der Waals surface area (Å²) in [7, 11) is -3.70. The third-order valence-corrected chi connectivity index (χ3v) is 9.54. The van der Waals surface area contributed by atoms with E-state index in [1.807, 2.05) is 35.2 Å². The van der Waals surface area contributed by atoms with Gasteiger partial charge in [-0.15, -0.1) is 0 Å². The van der Waals surface area contributed by atoms with Crippen LogP contribution in [0.1, 0.15) is 49.8 Å². The first-order chi connectivity index (χ1) is 18.5. The summed E-state index contributed by atoms with van der Waals surface area (Å²) in [6.45, 7) is 6.00. The summed E-state index contributed by atoms with van der Waals surface area (Å²) in [6.07, 6.45) is 7.48. The fourth-order valence-corrected chi connectivity index (χ4v) is 7.29. The molecule has 3 heterocycles. The van der Waals surface area contributed by atoms with Crippen LogP contribution in [0.15, 0.2) is 41.7 Å². The van der Waals surface area contributed by atoms with Crippen LogP contribution in [0, 0.1) is 5.92 Å². The van der Waals surface area contributed by atoms with Crippen LogP contribution in [0.4, 0.5) is 0 Å². The van der Waals surface area contributed by atoms with Crippen molar-refractivity contribution >= 4 is 15.7 Å². The van der Waals surface area contributed by atoms with Crippen molar-refractivity contribution in [3.63, 3.8) is 0 Å². The summed E-state index contributed by atoms with van der Waals surface area (Å²) in [4.78, 5) is 22.3. The molecule has 0 N–H and O–H groups in total. The van der Waals surface area contributed by atoms with Gasteiger partial charge in [-0.05, 0) is 31.2 Å². The molecule has 10 heteroatoms. The van der Waals surface area contributed by atoms with E-state index in [2.05, 4.69) is 9.88 Å². The molecule has 1 unspecified atom stereocenters. The number of hydrogen-bond donors (Lipinski definition) is 0. The second kappa shape index (κ2) is 12.7. The number of aromatic nitrogens is 2. The number of imidazole rings is 1. The first kappa shape index (κ1) is 27.3. The van der Waals surface area contributed by atoms with Crippen molar-refractivity contribution in [2.24, 2.45) is 5.92 Å². The summed E-state index contributed by atoms with van der Waals surface area (Å²) in [5.74, 6) is 0.113. The van der Waals surface area contributed by atoms with Crippen molar-refractivity contribution in [1.29, 1.82) is 0 Å². The molecule has 1 aromatic heterocycles. The number of carbonyl (C=O) groups is 1. The van der Waals surface area contributed by atoms with E-state index in [-0.39, 0.29) is 28.8 Å². The Labute approximate surface area is 226 Å². The first-order valence-electron chi connectivity index (χ1n) is 14.0. The predicted octanol–water partition coefficient (Wildman–Crippen LogP) is 2.89. The Kier molecular flexibility index (Phi) is 9.14. The molecule has 208 valence electrons. The van der Waals surface area contributed by atoms with Crippen LogP contribution in [0.2, 0.25) is 0 Å². The minimum Gasteiger partial charge on any atom is -0.379 e. The number of ether oxygens (including phenoxy) is 2. The Hall–Kier alpha value is -2.27. The van der Waals surface area contributed by atoms with E-state index in [1.165, 1.54) is 0 Å². The van der Waals surface area contributed by atoms with Crippen LogP contribution in [0.3, 0.4) is 0 Å². The van der Waals surface area contributed by atoms with Crippen LogP contribution in [-0.2, 0) is 42.9 Å². The maximum atomic E-state index is 13.6. The lowest BCUT2D eigenvalue weighted by atomic mass is 10.1. The van der Waals surface area contributed by atoms with Gasteiger partial charge in [0.1, 0.15) is 0 Å². The minimum absolute atomic E-state index is 0.0514. The highest BCUT2D eigenvalue weighted by Gasteiger charge is 2.31. The molecule has 3 fully saturated rings. The van der Waals surface area contributed by atoms with Gasteiger partial charge < -0.3 is 18.9 Å². The van der Waals surface area contributed by atoms with Gasteiger partial charge in [0.15, 0.2) is 0 Å². The maximum absolute atomic E-state index is 13.6. The molecule has 1 aliphatic carbocycles. The molecule has 38 heavy (non-hydrogen) atoms. The van der Waals surface area contributed by atoms with Crippen LogP contribution >= 0.6 is 0 Å². The van der Waals surface area contributed by atoms with Crippen molar-refractivity contribution in [1.82, 2.24) is 19.4 Å². The highest BCUT2D eigenvalue weighted by atomic mass is 32.2. The Morgan fingerprint density at radius 3 is 2.50 bits per heavy atom. The molecule has 0 bridgehead atoms. The number of carbonyl (C=O) groups excluding carboxylic acids is 1. The zero-order chi connectivity index (χ0) is 26.4. The largest absolute Gasteiger partial charge is 0.379 e. The number of sulfone groups is 1. The quantitative estimate of drug-likeness (QED) is 0.429. The lowest BCUT2D eigenvalue weighted by Gasteiger charge is -2.31. The molecule has 2 aromatic rings. The monoisotopic (exact) mass is 544 g/mol. The first-order valence-corrected chi connectivity index (χ1v) is 15.7. The van der Waals surface area contributed by atoms with Gasteiger partial charge in [-0.1, -0.05) is 43.2 Å². The van der Waals surface area contributed by atoms with E-state index in [9.17, 15) is 13.2 Å². The molecule has 1 saturated carbocycles. The highest BCUT2D eigenvalue weighted by molar-refractivity contribution is 7.90. The van der Waals surface area contributed by atoms with Crippen LogP contribution < -0.4 is 0 Å². The highest BCUT2D eigenvalue weighted by Crippen LogP contribution is 2.28. The minimum atomic E-state index is -3.70. The van der Waals surface area contributed by atoms with Gasteiger partial charge in [-0.2, -0.15) is 0 Å². The average Bonchev–Trinajstić information content (AvgIpc) is 3.71. The van der Waals surface area contributed by atoms with Crippen molar-refractivity contribution in [3.8, 4) is 0 Å². The van der Waals surface area contributed by atoms with Crippen molar-refractivity contribution in [3.05, 3.63) is 47.8 Å². The van der Waals surface area contributed by atoms with Gasteiger partial charge in [0, 0.05) is 38.7 Å². The molecule has 3 aliphatic rings. The van der Waals surface area contributed by atoms with Crippen molar-refractivity contribution in [2.75, 3.05) is 46.0 Å². The Balaban J connectivity index is 1.40. The maximum Gasteiger partial charge on any atom is 0.228 e. The molecule has 5 rings (SSSR count). The number of benzene rings is 1. The van der Waals surface area contributed by atoms with E-state index < -0.39 is 9.84 Å². The Morgan fingerprint density at radius 1 is 1.03 bits per heavy atom. The van der Waals surface area contributed by atoms with Gasteiger partial charge in [-0.3, -0.25) is 9.69 Å². The van der Waals surface area contributed by atoms with E-state index in [4.69, 9.17) is 9.47 Å². The lowest BCUT2D eigenvalue weighted by Crippen LogP contribution is -2.44. The van der Waals surface area contributed by atoms with Gasteiger partial charge in [-0.25, -0.2) is 13.4 Å². The lowest BCUT2D eigenvalue weighted by molar-refractivity contribution is -0.136. The van der Waals surface area contributed by atoms with Gasteiger partial charge >= 0.3 is 0 Å². The van der Waals surface area contributed by atoms with Crippen LogP contribution in [-0.4, -0.2) is 85.8 Å². The molecule has 0 radical (unpaired) electrons. The Bertz CT molecular complexity index is 1150. The molecular formula is C28H40N4O5S. The molecule has 2 aliphatic heterocycles. The second-order valence-corrected chi connectivity index (χ2v) is 12.6. The van der Waals surface area contributed by atoms with Gasteiger partial charge in [0.25, 0.3) is 0 Å². The number of morpholine rings is 1. The molecule has 1 amide bonds. The number of amides is 1. The topological polar surface area (TPSA) is 94.0 Å². The molecule has 0 spiro atoms. The average molecular weight is 545 g/mol. The zero-order valence-corrected chi connectivity index (χ0v) is 23.0. The molecule has 1 atom stereocenters. The summed E-state index contributed by atoms with van der Waals surface area (Å²) in [6, 6.07) is 9.20. The zero-order valence-electron chi connectivity index (χ0n) is 22.2. The van der Waals surface area contributed by atoms with Crippen molar-refractivity contribution in [2.45, 2.75) is 68.6 Å². The fraction of sp³-hybridized carbons (Fsp3) is 0.643. The van der Waals surface area contributed by atoms with E-state index in [1.54, 1.807) is 10.8 Å². The van der Waals surface area contributed by atoms with E-state index in [0.29, 0.717) is 39.5 Å². The summed E-state index contributed by atoms with van der Waals surface area (Å²) < 4.78 is 40.3. The molecular weight excluding hydrogens is 504 g/mol. The van der Waals surface area contributed by atoms with Crippen LogP contribution in [0.25, 0.3) is 0 Å². The third kappa shape index (κ3) is 6.83. The van der Waals surface area contributed by atoms with E-state index in [0.717, 1.165) is 69.4 Å². The second-order valence-electron chi connectivity index (χ2n) is 10.7. The fourth-order valence-electron chi connectivity index (χ4n) is 5.79. The van der Waals surface area contributed by atoms with E-state index >= 15 is 0 Å².